The van der Waals surface area contributed by atoms with E-state index in [4.69, 9.17) is 9.84 Å². The Morgan fingerprint density at radius 2 is 2.15 bits per heavy atom. The number of nitrogens with one attached hydrogen (secondary N) is 1. The molecule has 110 valence electrons. The molecule has 0 spiro atoms. The molecule has 1 heterocycles. The molecule has 6 nitrogen and oxygen atoms in total. The smallest absolute Gasteiger partial charge is 0.339 e. The Bertz CT molecular complexity index is 445. The average molecular weight is 280 g/mol. The second-order valence-electron chi connectivity index (χ2n) is 4.38. The van der Waals surface area contributed by atoms with Crippen LogP contribution in [0.15, 0.2) is 18.3 Å². The van der Waals surface area contributed by atoms with Crippen LogP contribution in [-0.2, 0) is 9.53 Å². The van der Waals surface area contributed by atoms with E-state index in [2.05, 4.69) is 10.3 Å². The lowest BCUT2D eigenvalue weighted by atomic mass is 10.1. The summed E-state index contributed by atoms with van der Waals surface area (Å²) in [6, 6.07) is 3.09. The predicted molar refractivity (Wildman–Crippen MR) is 74.8 cm³/mol. The van der Waals surface area contributed by atoms with Crippen LogP contribution in [0.1, 0.15) is 43.5 Å². The zero-order chi connectivity index (χ0) is 15.0. The molecule has 0 aliphatic heterocycles. The largest absolute Gasteiger partial charge is 0.481 e. The first-order chi connectivity index (χ1) is 9.56. The van der Waals surface area contributed by atoms with Gasteiger partial charge in [-0.3, -0.25) is 4.79 Å². The number of carboxylic acid groups (broad SMARTS) is 1. The quantitative estimate of drug-likeness (QED) is 0.710. The van der Waals surface area contributed by atoms with Gasteiger partial charge in [0.1, 0.15) is 5.82 Å². The first kappa shape index (κ1) is 15.9. The molecule has 1 aromatic heterocycles. The van der Waals surface area contributed by atoms with Gasteiger partial charge in [0.2, 0.25) is 0 Å². The summed E-state index contributed by atoms with van der Waals surface area (Å²) >= 11 is 0. The number of carbonyl (C=O) groups excluding carboxylic acids is 1. The highest BCUT2D eigenvalue weighted by molar-refractivity contribution is 5.89. The van der Waals surface area contributed by atoms with Gasteiger partial charge in [0.25, 0.3) is 0 Å². The molecule has 0 bridgehead atoms. The maximum atomic E-state index is 11.5. The van der Waals surface area contributed by atoms with E-state index in [0.29, 0.717) is 18.0 Å². The van der Waals surface area contributed by atoms with Crippen LogP contribution in [0.25, 0.3) is 0 Å². The summed E-state index contributed by atoms with van der Waals surface area (Å²) in [6.45, 7) is 4.05. The summed E-state index contributed by atoms with van der Waals surface area (Å²) in [6.07, 6.45) is 3.08. The number of aromatic nitrogens is 1. The molecule has 2 N–H and O–H groups in total. The highest BCUT2D eigenvalue weighted by atomic mass is 16.5. The minimum atomic E-state index is -0.848. The van der Waals surface area contributed by atoms with Crippen LogP contribution in [0, 0.1) is 0 Å². The fraction of sp³-hybridized carbons (Fsp3) is 0.500. The van der Waals surface area contributed by atoms with Crippen molar-refractivity contribution in [1.82, 2.24) is 4.98 Å². The lowest BCUT2D eigenvalue weighted by molar-refractivity contribution is -0.137. The third-order valence-corrected chi connectivity index (χ3v) is 2.68. The van der Waals surface area contributed by atoms with Crippen LogP contribution in [0.5, 0.6) is 0 Å². The van der Waals surface area contributed by atoms with Crippen LogP contribution in [-0.4, -0.2) is 34.7 Å². The van der Waals surface area contributed by atoms with Crippen molar-refractivity contribution in [3.63, 3.8) is 0 Å². The van der Waals surface area contributed by atoms with Crippen LogP contribution < -0.4 is 5.32 Å². The molecule has 1 aromatic rings. The van der Waals surface area contributed by atoms with Gasteiger partial charge in [0, 0.05) is 12.2 Å². The number of ether oxygens (including phenoxy) is 1. The van der Waals surface area contributed by atoms with E-state index in [1.54, 1.807) is 19.1 Å². The number of hydrogen-bond acceptors (Lipinski definition) is 5. The minimum Gasteiger partial charge on any atom is -0.481 e. The predicted octanol–water partition coefficient (Wildman–Crippen LogP) is 2.31. The number of carbonyl (C=O) groups is 2. The van der Waals surface area contributed by atoms with Gasteiger partial charge in [-0.05, 0) is 25.5 Å². The summed E-state index contributed by atoms with van der Waals surface area (Å²) in [5.74, 6) is -0.709. The molecule has 20 heavy (non-hydrogen) atoms. The standard InChI is InChI=1S/C14H20N2O4/c1-3-5-11(8-13(17)18)16-12-7-6-10(9-15-12)14(19)20-4-2/h6-7,9,11H,3-5,8H2,1-2H3,(H,15,16)(H,17,18). The van der Waals surface area contributed by atoms with Crippen LogP contribution in [0.2, 0.25) is 0 Å². The number of nitrogens with zero attached hydrogens (tertiary/aromatic N) is 1. The number of hydrogen-bond donors (Lipinski definition) is 2. The Labute approximate surface area is 118 Å². The van der Waals surface area contributed by atoms with E-state index < -0.39 is 11.9 Å². The molecule has 0 saturated carbocycles. The maximum absolute atomic E-state index is 11.5. The molecule has 0 aromatic carbocycles. The van der Waals surface area contributed by atoms with Gasteiger partial charge in [-0.2, -0.15) is 0 Å². The van der Waals surface area contributed by atoms with Gasteiger partial charge in [0.05, 0.1) is 18.6 Å². The number of aliphatic carboxylic acids is 1. The molecule has 0 fully saturated rings. The first-order valence-corrected chi connectivity index (χ1v) is 6.68. The Hall–Kier alpha value is -2.11. The molecular formula is C14H20N2O4. The monoisotopic (exact) mass is 280 g/mol. The second kappa shape index (κ2) is 8.14. The molecule has 6 heteroatoms. The van der Waals surface area contributed by atoms with E-state index in [9.17, 15) is 9.59 Å². The van der Waals surface area contributed by atoms with Crippen LogP contribution >= 0.6 is 0 Å². The van der Waals surface area contributed by atoms with Crippen LogP contribution in [0.4, 0.5) is 5.82 Å². The SMILES string of the molecule is CCCC(CC(=O)O)Nc1ccc(C(=O)OCC)cn1. The van der Waals surface area contributed by atoms with Crippen molar-refractivity contribution >= 4 is 17.8 Å². The third-order valence-electron chi connectivity index (χ3n) is 2.68. The fourth-order valence-electron chi connectivity index (χ4n) is 1.81. The number of pyridine rings is 1. The van der Waals surface area contributed by atoms with Gasteiger partial charge in [-0.25, -0.2) is 9.78 Å². The molecule has 1 unspecified atom stereocenters. The van der Waals surface area contributed by atoms with Crippen molar-refractivity contribution in [3.05, 3.63) is 23.9 Å². The lowest BCUT2D eigenvalue weighted by Crippen LogP contribution is -2.23. The summed E-state index contributed by atoms with van der Waals surface area (Å²) in [5.41, 5.74) is 0.377. The number of anilines is 1. The molecule has 1 rings (SSSR count). The Morgan fingerprint density at radius 1 is 1.40 bits per heavy atom. The lowest BCUT2D eigenvalue weighted by Gasteiger charge is -2.16. The molecular weight excluding hydrogens is 260 g/mol. The first-order valence-electron chi connectivity index (χ1n) is 6.68. The highest BCUT2D eigenvalue weighted by Gasteiger charge is 2.13. The van der Waals surface area contributed by atoms with E-state index in [1.165, 1.54) is 6.20 Å². The Balaban J connectivity index is 2.67. The van der Waals surface area contributed by atoms with E-state index in [1.807, 2.05) is 6.92 Å². The van der Waals surface area contributed by atoms with E-state index in [-0.39, 0.29) is 12.5 Å². The fourth-order valence-corrected chi connectivity index (χ4v) is 1.81. The number of rotatable bonds is 8. The summed E-state index contributed by atoms with van der Waals surface area (Å²) in [7, 11) is 0. The third kappa shape index (κ3) is 5.26. The molecule has 0 amide bonds. The van der Waals surface area contributed by atoms with Crippen molar-refractivity contribution in [2.24, 2.45) is 0 Å². The van der Waals surface area contributed by atoms with Crippen molar-refractivity contribution in [2.75, 3.05) is 11.9 Å². The van der Waals surface area contributed by atoms with Gasteiger partial charge in [-0.15, -0.1) is 0 Å². The van der Waals surface area contributed by atoms with Gasteiger partial charge < -0.3 is 15.2 Å². The Kier molecular flexibility index (Phi) is 6.49. The van der Waals surface area contributed by atoms with Crippen molar-refractivity contribution < 1.29 is 19.4 Å². The van der Waals surface area contributed by atoms with Gasteiger partial charge in [-0.1, -0.05) is 13.3 Å². The van der Waals surface area contributed by atoms with Crippen molar-refractivity contribution in [2.45, 2.75) is 39.2 Å². The summed E-state index contributed by atoms with van der Waals surface area (Å²) < 4.78 is 4.86. The van der Waals surface area contributed by atoms with Gasteiger partial charge in [0.15, 0.2) is 0 Å². The van der Waals surface area contributed by atoms with E-state index >= 15 is 0 Å². The summed E-state index contributed by atoms with van der Waals surface area (Å²) in [5, 5.41) is 11.9. The van der Waals surface area contributed by atoms with Gasteiger partial charge >= 0.3 is 11.9 Å². The minimum absolute atomic E-state index is 0.0369. The summed E-state index contributed by atoms with van der Waals surface area (Å²) in [4.78, 5) is 26.3. The van der Waals surface area contributed by atoms with Crippen LogP contribution in [0.3, 0.4) is 0 Å². The van der Waals surface area contributed by atoms with Crippen molar-refractivity contribution in [1.29, 1.82) is 0 Å². The maximum Gasteiger partial charge on any atom is 0.339 e. The zero-order valence-corrected chi connectivity index (χ0v) is 11.8. The molecule has 1 atom stereocenters. The Morgan fingerprint density at radius 3 is 2.65 bits per heavy atom. The average Bonchev–Trinajstić information content (AvgIpc) is 2.39. The number of esters is 1. The molecule has 0 radical (unpaired) electrons. The highest BCUT2D eigenvalue weighted by Crippen LogP contribution is 2.12. The second-order valence-corrected chi connectivity index (χ2v) is 4.38. The van der Waals surface area contributed by atoms with Crippen molar-refractivity contribution in [3.8, 4) is 0 Å². The molecule has 0 saturated heterocycles. The normalized spacial score (nSPS) is 11.7. The van der Waals surface area contributed by atoms with E-state index in [0.717, 1.165) is 12.8 Å². The molecule has 0 aliphatic carbocycles. The number of carboxylic acids is 1. The zero-order valence-electron chi connectivity index (χ0n) is 11.8. The molecule has 0 aliphatic rings. The topological polar surface area (TPSA) is 88.5 Å².